The van der Waals surface area contributed by atoms with Gasteiger partial charge in [-0.2, -0.15) is 5.10 Å². The van der Waals surface area contributed by atoms with Gasteiger partial charge < -0.3 is 4.74 Å². The van der Waals surface area contributed by atoms with Crippen LogP contribution in [0, 0.1) is 28.6 Å². The van der Waals surface area contributed by atoms with E-state index in [2.05, 4.69) is 31.1 Å². The van der Waals surface area contributed by atoms with Crippen LogP contribution >= 0.6 is 0 Å². The number of aromatic nitrogens is 2. The Kier molecular flexibility index (Phi) is 5.58. The Hall–Kier alpha value is -2.95. The molecule has 0 amide bonds. The summed E-state index contributed by atoms with van der Waals surface area (Å²) in [4.78, 5) is 25.4. The van der Waals surface area contributed by atoms with Gasteiger partial charge in [-0.25, -0.2) is 4.68 Å². The average Bonchev–Trinajstić information content (AvgIpc) is 3.42. The highest BCUT2D eigenvalue weighted by molar-refractivity contribution is 6.05. The van der Waals surface area contributed by atoms with Gasteiger partial charge in [0, 0.05) is 18.8 Å². The third-order valence-corrected chi connectivity index (χ3v) is 10.0. The third kappa shape index (κ3) is 3.62. The van der Waals surface area contributed by atoms with Gasteiger partial charge >= 0.3 is 5.97 Å². The van der Waals surface area contributed by atoms with Gasteiger partial charge in [-0.1, -0.05) is 43.7 Å². The molecule has 5 nitrogen and oxygen atoms in total. The second kappa shape index (κ2) is 8.57. The van der Waals surface area contributed by atoms with Crippen LogP contribution in [0.25, 0.3) is 11.8 Å². The lowest BCUT2D eigenvalue weighted by Crippen LogP contribution is -2.50. The van der Waals surface area contributed by atoms with Crippen molar-refractivity contribution in [1.82, 2.24) is 9.78 Å². The highest BCUT2D eigenvalue weighted by Gasteiger charge is 2.60. The number of allylic oxidation sites excluding steroid dienone is 2. The molecule has 4 aliphatic rings. The first kappa shape index (κ1) is 23.4. The van der Waals surface area contributed by atoms with Crippen LogP contribution in [0.15, 0.2) is 59.8 Å². The molecule has 0 spiro atoms. The van der Waals surface area contributed by atoms with E-state index >= 15 is 0 Å². The van der Waals surface area contributed by atoms with Crippen molar-refractivity contribution in [2.75, 3.05) is 0 Å². The summed E-state index contributed by atoms with van der Waals surface area (Å²) in [6.07, 6.45) is 13.2. The number of ketones is 1. The summed E-state index contributed by atoms with van der Waals surface area (Å²) in [5, 5.41) is 4.53. The number of rotatable bonds is 3. The van der Waals surface area contributed by atoms with E-state index in [0.717, 1.165) is 61.9 Å². The zero-order valence-corrected chi connectivity index (χ0v) is 21.6. The Morgan fingerprint density at radius 2 is 1.83 bits per heavy atom. The van der Waals surface area contributed by atoms with E-state index in [4.69, 9.17) is 4.74 Å². The number of para-hydroxylation sites is 1. The molecule has 4 aliphatic carbocycles. The summed E-state index contributed by atoms with van der Waals surface area (Å²) < 4.78 is 7.51. The number of hydrogen-bond donors (Lipinski definition) is 0. The van der Waals surface area contributed by atoms with E-state index in [0.29, 0.717) is 23.5 Å². The van der Waals surface area contributed by atoms with Crippen LogP contribution in [0.1, 0.15) is 71.4 Å². The normalized spacial score (nSPS) is 36.6. The number of esters is 1. The highest BCUT2D eigenvalue weighted by Crippen LogP contribution is 2.64. The van der Waals surface area contributed by atoms with Gasteiger partial charge in [-0.05, 0) is 91.5 Å². The fraction of sp³-hybridized carbons (Fsp3) is 0.516. The summed E-state index contributed by atoms with van der Waals surface area (Å²) in [7, 11) is 0. The number of carbonyl (C=O) groups is 2. The van der Waals surface area contributed by atoms with Gasteiger partial charge in [0.1, 0.15) is 6.10 Å². The van der Waals surface area contributed by atoms with Crippen molar-refractivity contribution >= 4 is 17.8 Å². The number of ether oxygens (including phenoxy) is 1. The second-order valence-corrected chi connectivity index (χ2v) is 11.9. The van der Waals surface area contributed by atoms with Crippen molar-refractivity contribution in [3.05, 3.63) is 65.5 Å². The minimum absolute atomic E-state index is 0.0179. The molecule has 36 heavy (non-hydrogen) atoms. The maximum atomic E-state index is 13.9. The minimum Gasteiger partial charge on any atom is -0.462 e. The number of fused-ring (bicyclic) bond motifs is 5. The van der Waals surface area contributed by atoms with E-state index in [9.17, 15) is 9.59 Å². The third-order valence-electron chi connectivity index (χ3n) is 10.0. The van der Waals surface area contributed by atoms with Gasteiger partial charge in [-0.3, -0.25) is 9.59 Å². The molecule has 0 N–H and O–H groups in total. The molecule has 3 saturated carbocycles. The van der Waals surface area contributed by atoms with Crippen LogP contribution in [0.5, 0.6) is 0 Å². The Labute approximate surface area is 213 Å². The monoisotopic (exact) mass is 484 g/mol. The lowest BCUT2D eigenvalue weighted by Gasteiger charge is -2.56. The molecule has 188 valence electrons. The molecular formula is C31H36N2O3. The molecule has 3 fully saturated rings. The van der Waals surface area contributed by atoms with Crippen LogP contribution < -0.4 is 0 Å². The van der Waals surface area contributed by atoms with Gasteiger partial charge in [0.05, 0.1) is 17.6 Å². The first-order chi connectivity index (χ1) is 17.3. The van der Waals surface area contributed by atoms with Gasteiger partial charge in [-0.15, -0.1) is 0 Å². The van der Waals surface area contributed by atoms with Crippen molar-refractivity contribution in [1.29, 1.82) is 0 Å². The van der Waals surface area contributed by atoms with Crippen LogP contribution in [0.2, 0.25) is 0 Å². The minimum atomic E-state index is -0.277. The molecule has 0 saturated heterocycles. The number of benzene rings is 1. The largest absolute Gasteiger partial charge is 0.462 e. The molecule has 2 aromatic rings. The van der Waals surface area contributed by atoms with Crippen molar-refractivity contribution in [2.45, 2.75) is 71.8 Å². The molecule has 0 aliphatic heterocycles. The molecule has 0 bridgehead atoms. The van der Waals surface area contributed by atoms with Crippen LogP contribution in [-0.2, 0) is 14.3 Å². The van der Waals surface area contributed by atoms with Gasteiger partial charge in [0.2, 0.25) is 0 Å². The lowest BCUT2D eigenvalue weighted by atomic mass is 9.48. The molecule has 1 aromatic carbocycles. The Morgan fingerprint density at radius 1 is 1.06 bits per heavy atom. The fourth-order valence-electron chi connectivity index (χ4n) is 8.15. The fourth-order valence-corrected chi connectivity index (χ4v) is 8.15. The lowest BCUT2D eigenvalue weighted by molar-refractivity contribution is -0.148. The Morgan fingerprint density at radius 3 is 2.61 bits per heavy atom. The molecule has 0 unspecified atom stereocenters. The molecule has 6 rings (SSSR count). The van der Waals surface area contributed by atoms with E-state index in [1.54, 1.807) is 0 Å². The van der Waals surface area contributed by atoms with Crippen molar-refractivity contribution in [2.24, 2.45) is 28.6 Å². The van der Waals surface area contributed by atoms with Crippen LogP contribution in [0.4, 0.5) is 0 Å². The zero-order valence-electron chi connectivity index (χ0n) is 21.6. The first-order valence-electron chi connectivity index (χ1n) is 13.5. The summed E-state index contributed by atoms with van der Waals surface area (Å²) >= 11 is 0. The van der Waals surface area contributed by atoms with E-state index in [1.165, 1.54) is 12.5 Å². The summed E-state index contributed by atoms with van der Waals surface area (Å²) in [5.41, 5.74) is 4.29. The van der Waals surface area contributed by atoms with Crippen molar-refractivity contribution < 1.29 is 14.3 Å². The number of nitrogens with zero attached hydrogens (tertiary/aromatic N) is 2. The average molecular weight is 485 g/mol. The number of carbonyl (C=O) groups excluding carboxylic acids is 2. The maximum Gasteiger partial charge on any atom is 0.302 e. The summed E-state index contributed by atoms with van der Waals surface area (Å²) in [6, 6.07) is 12.1. The predicted octanol–water partition coefficient (Wildman–Crippen LogP) is 6.33. The molecule has 0 radical (unpaired) electrons. The smallest absolute Gasteiger partial charge is 0.302 e. The molecule has 1 aromatic heterocycles. The molecule has 5 heteroatoms. The summed E-state index contributed by atoms with van der Waals surface area (Å²) in [5.74, 6) is 1.66. The highest BCUT2D eigenvalue weighted by atomic mass is 16.5. The quantitative estimate of drug-likeness (QED) is 0.290. The topological polar surface area (TPSA) is 61.2 Å². The number of hydrogen-bond acceptors (Lipinski definition) is 4. The Balaban J connectivity index is 1.29. The Bertz CT molecular complexity index is 1260. The van der Waals surface area contributed by atoms with E-state index in [1.807, 2.05) is 47.3 Å². The molecule has 1 heterocycles. The van der Waals surface area contributed by atoms with Crippen LogP contribution in [0.3, 0.4) is 0 Å². The van der Waals surface area contributed by atoms with Crippen LogP contribution in [-0.4, -0.2) is 27.6 Å². The SMILES string of the molecule is CC(=O)O[C@@H]1CC[C@@]2(C)C(=CC[C@@H]3[C@H]4C/C(=C\c5ccnn5-c5ccccc5)C(=O)[C@]4(C)CC[C@H]32)C1. The predicted molar refractivity (Wildman–Crippen MR) is 139 cm³/mol. The zero-order chi connectivity index (χ0) is 25.1. The number of Topliss-reactive ketones (excluding diaryl/α,β-unsaturated/α-hetero) is 1. The van der Waals surface area contributed by atoms with Gasteiger partial charge in [0.15, 0.2) is 5.78 Å². The standard InChI is InChI=1S/C31H36N2O3/c1-20(34)36-25-11-14-30(2)22(19-25)9-10-26-27(30)12-15-31(3)28(26)18-21(29(31)35)17-24-13-16-32-33(24)23-7-5-4-6-8-23/h4-9,13,16-17,25-28H,10-12,14-15,18-19H2,1-3H3/b21-17+/t25-,26+,27-,28-,30+,31-/m1/s1. The maximum absolute atomic E-state index is 13.9. The van der Waals surface area contributed by atoms with E-state index < -0.39 is 0 Å². The van der Waals surface area contributed by atoms with Gasteiger partial charge in [0.25, 0.3) is 0 Å². The summed E-state index contributed by atoms with van der Waals surface area (Å²) in [6.45, 7) is 6.18. The molecular weight excluding hydrogens is 448 g/mol. The molecule has 6 atom stereocenters. The van der Waals surface area contributed by atoms with Crippen molar-refractivity contribution in [3.8, 4) is 5.69 Å². The van der Waals surface area contributed by atoms with E-state index in [-0.39, 0.29) is 22.9 Å². The first-order valence-corrected chi connectivity index (χ1v) is 13.5. The van der Waals surface area contributed by atoms with Crippen molar-refractivity contribution in [3.63, 3.8) is 0 Å². The second-order valence-electron chi connectivity index (χ2n) is 11.9.